The fourth-order valence-electron chi connectivity index (χ4n) is 3.16. The van der Waals surface area contributed by atoms with Crippen molar-refractivity contribution in [3.63, 3.8) is 0 Å². The van der Waals surface area contributed by atoms with Gasteiger partial charge in [-0.1, -0.05) is 76.7 Å². The SMILES string of the molecule is CCC/C=C/CCCCCCN(CCCCCC/C=C/CCC)CC(=O)[O-].[K+]. The predicted octanol–water partition coefficient (Wildman–Crippen LogP) is 2.66. The molecule has 3 nitrogen and oxygen atoms in total. The summed E-state index contributed by atoms with van der Waals surface area (Å²) in [6.07, 6.45) is 25.9. The van der Waals surface area contributed by atoms with E-state index in [1.165, 1.54) is 77.0 Å². The van der Waals surface area contributed by atoms with Gasteiger partial charge < -0.3 is 9.90 Å². The second kappa shape index (κ2) is 25.6. The molecule has 0 aromatic carbocycles. The molecule has 0 saturated heterocycles. The Balaban J connectivity index is 0. The predicted molar refractivity (Wildman–Crippen MR) is 116 cm³/mol. The van der Waals surface area contributed by atoms with Gasteiger partial charge in [0.1, 0.15) is 0 Å². The molecule has 0 radical (unpaired) electrons. The summed E-state index contributed by atoms with van der Waals surface area (Å²) >= 11 is 0. The number of aliphatic carboxylic acids is 1. The van der Waals surface area contributed by atoms with E-state index in [1.54, 1.807) is 0 Å². The smallest absolute Gasteiger partial charge is 0.549 e. The first-order valence-corrected chi connectivity index (χ1v) is 11.4. The van der Waals surface area contributed by atoms with Crippen LogP contribution in [0.4, 0.5) is 0 Å². The Morgan fingerprint density at radius 1 is 0.679 bits per heavy atom. The average molecular weight is 418 g/mol. The molecule has 0 aliphatic heterocycles. The maximum atomic E-state index is 11.0. The minimum atomic E-state index is -0.947. The van der Waals surface area contributed by atoms with Gasteiger partial charge in [0, 0.05) is 6.54 Å². The maximum Gasteiger partial charge on any atom is 1.00 e. The van der Waals surface area contributed by atoms with Crippen LogP contribution in [0, 0.1) is 0 Å². The van der Waals surface area contributed by atoms with Crippen LogP contribution in [0.15, 0.2) is 24.3 Å². The number of carbonyl (C=O) groups is 1. The van der Waals surface area contributed by atoms with E-state index in [0.717, 1.165) is 25.9 Å². The van der Waals surface area contributed by atoms with Gasteiger partial charge in [-0.15, -0.1) is 0 Å². The summed E-state index contributed by atoms with van der Waals surface area (Å²) in [5.41, 5.74) is 0. The van der Waals surface area contributed by atoms with Gasteiger partial charge >= 0.3 is 51.4 Å². The molecule has 0 fully saturated rings. The topological polar surface area (TPSA) is 43.4 Å². The van der Waals surface area contributed by atoms with E-state index in [2.05, 4.69) is 43.1 Å². The number of rotatable bonds is 20. The Morgan fingerprint density at radius 3 is 1.46 bits per heavy atom. The van der Waals surface area contributed by atoms with Crippen molar-refractivity contribution >= 4 is 5.97 Å². The molecular formula is C24H44KNO2. The number of nitrogens with zero attached hydrogens (tertiary/aromatic N) is 1. The number of allylic oxidation sites excluding steroid dienone is 4. The van der Waals surface area contributed by atoms with Gasteiger partial charge in [0.2, 0.25) is 0 Å². The Morgan fingerprint density at radius 2 is 1.07 bits per heavy atom. The second-order valence-corrected chi connectivity index (χ2v) is 7.57. The molecule has 0 aromatic heterocycles. The summed E-state index contributed by atoms with van der Waals surface area (Å²) in [5.74, 6) is -0.947. The number of carboxylic acid groups (broad SMARTS) is 1. The molecule has 0 atom stereocenters. The van der Waals surface area contributed by atoms with Crippen LogP contribution in [-0.4, -0.2) is 30.5 Å². The number of unbranched alkanes of at least 4 members (excludes halogenated alkanes) is 10. The van der Waals surface area contributed by atoms with E-state index in [-0.39, 0.29) is 57.9 Å². The van der Waals surface area contributed by atoms with E-state index in [9.17, 15) is 9.90 Å². The first kappa shape index (κ1) is 30.7. The van der Waals surface area contributed by atoms with Gasteiger partial charge in [-0.25, -0.2) is 0 Å². The zero-order chi connectivity index (χ0) is 20.0. The van der Waals surface area contributed by atoms with Crippen LogP contribution in [-0.2, 0) is 4.79 Å². The first-order valence-electron chi connectivity index (χ1n) is 11.4. The zero-order valence-electron chi connectivity index (χ0n) is 19.1. The minimum Gasteiger partial charge on any atom is -0.549 e. The largest absolute Gasteiger partial charge is 1.00 e. The molecule has 0 rings (SSSR count). The Kier molecular flexibility index (Phi) is 28.1. The van der Waals surface area contributed by atoms with Crippen molar-refractivity contribution in [1.29, 1.82) is 0 Å². The van der Waals surface area contributed by atoms with Crippen LogP contribution < -0.4 is 56.5 Å². The van der Waals surface area contributed by atoms with Crippen molar-refractivity contribution in [1.82, 2.24) is 4.90 Å². The summed E-state index contributed by atoms with van der Waals surface area (Å²) < 4.78 is 0. The molecular weight excluding hydrogens is 373 g/mol. The molecule has 0 heterocycles. The second-order valence-electron chi connectivity index (χ2n) is 7.57. The summed E-state index contributed by atoms with van der Waals surface area (Å²) in [7, 11) is 0. The molecule has 158 valence electrons. The van der Waals surface area contributed by atoms with Crippen LogP contribution >= 0.6 is 0 Å². The summed E-state index contributed by atoms with van der Waals surface area (Å²) in [6, 6.07) is 0. The van der Waals surface area contributed by atoms with Gasteiger partial charge in [0.05, 0.1) is 5.97 Å². The van der Waals surface area contributed by atoms with Gasteiger partial charge in [-0.2, -0.15) is 0 Å². The van der Waals surface area contributed by atoms with Crippen molar-refractivity contribution in [2.24, 2.45) is 0 Å². The third-order valence-electron chi connectivity index (χ3n) is 4.79. The van der Waals surface area contributed by atoms with Crippen molar-refractivity contribution in [3.05, 3.63) is 24.3 Å². The fraction of sp³-hybridized carbons (Fsp3) is 0.792. The Bertz CT molecular complexity index is 355. The van der Waals surface area contributed by atoms with Crippen LogP contribution in [0.2, 0.25) is 0 Å². The summed E-state index contributed by atoms with van der Waals surface area (Å²) in [5, 5.41) is 11.0. The van der Waals surface area contributed by atoms with E-state index in [4.69, 9.17) is 0 Å². The van der Waals surface area contributed by atoms with Crippen LogP contribution in [0.5, 0.6) is 0 Å². The normalized spacial score (nSPS) is 11.5. The number of hydrogen-bond acceptors (Lipinski definition) is 3. The third-order valence-corrected chi connectivity index (χ3v) is 4.79. The van der Waals surface area contributed by atoms with E-state index in [0.29, 0.717) is 0 Å². The first-order chi connectivity index (χ1) is 13.2. The van der Waals surface area contributed by atoms with Crippen molar-refractivity contribution in [3.8, 4) is 0 Å². The van der Waals surface area contributed by atoms with E-state index >= 15 is 0 Å². The van der Waals surface area contributed by atoms with Crippen LogP contribution in [0.25, 0.3) is 0 Å². The number of carbonyl (C=O) groups excluding carboxylic acids is 1. The molecule has 0 aromatic rings. The molecule has 0 spiro atoms. The molecule has 4 heteroatoms. The summed E-state index contributed by atoms with van der Waals surface area (Å²) in [4.78, 5) is 13.0. The maximum absolute atomic E-state index is 11.0. The molecule has 0 saturated carbocycles. The van der Waals surface area contributed by atoms with Gasteiger partial charge in [-0.3, -0.25) is 4.90 Å². The zero-order valence-corrected chi connectivity index (χ0v) is 22.2. The number of carboxylic acids is 1. The van der Waals surface area contributed by atoms with Crippen molar-refractivity contribution in [2.45, 2.75) is 104 Å². The van der Waals surface area contributed by atoms with E-state index < -0.39 is 5.97 Å². The fourth-order valence-corrected chi connectivity index (χ4v) is 3.16. The van der Waals surface area contributed by atoms with Crippen molar-refractivity contribution in [2.75, 3.05) is 19.6 Å². The van der Waals surface area contributed by atoms with Crippen molar-refractivity contribution < 1.29 is 61.3 Å². The van der Waals surface area contributed by atoms with E-state index in [1.807, 2.05) is 0 Å². The van der Waals surface area contributed by atoms with Gasteiger partial charge in [0.15, 0.2) is 0 Å². The molecule has 0 unspecified atom stereocenters. The quantitative estimate of drug-likeness (QED) is 0.174. The van der Waals surface area contributed by atoms with Crippen LogP contribution in [0.1, 0.15) is 104 Å². The number of hydrogen-bond donors (Lipinski definition) is 0. The molecule has 0 N–H and O–H groups in total. The van der Waals surface area contributed by atoms with Gasteiger partial charge in [0.25, 0.3) is 0 Å². The standard InChI is InChI=1S/C24H45NO2.K/c1-3-5-7-9-11-13-15-17-19-21-25(23-24(26)27)22-20-18-16-14-12-10-8-6-4-2;/h7-10H,3-6,11-23H2,1-2H3,(H,26,27);/q;+1/p-1/b9-7+,10-8+;. The molecule has 0 bridgehead atoms. The molecule has 0 amide bonds. The molecule has 0 aliphatic carbocycles. The average Bonchev–Trinajstić information content (AvgIpc) is 2.64. The van der Waals surface area contributed by atoms with Gasteiger partial charge in [-0.05, 0) is 64.5 Å². The monoisotopic (exact) mass is 417 g/mol. The van der Waals surface area contributed by atoms with Crippen LogP contribution in [0.3, 0.4) is 0 Å². The molecule has 28 heavy (non-hydrogen) atoms. The summed E-state index contributed by atoms with van der Waals surface area (Å²) in [6.45, 7) is 6.27. The third kappa shape index (κ3) is 24.6. The minimum absolute atomic E-state index is 0. The molecule has 0 aliphatic rings. The Labute approximate surface area is 217 Å². The Hall–Kier alpha value is 0.546.